The summed E-state index contributed by atoms with van der Waals surface area (Å²) in [5, 5.41) is 3.15. The van der Waals surface area contributed by atoms with Gasteiger partial charge in [-0.05, 0) is 55.3 Å². The third kappa shape index (κ3) is 3.72. The standard InChI is InChI=1S/C18H19NO2/c1-13-5-4-6-17(14(13)2)19-12-11-18(20)15-7-9-16(21-3)10-8-15/h4-12,19H,1-3H3. The SMILES string of the molecule is COc1ccc(C(=O)C=CNc2cccc(C)c2C)cc1. The van der Waals surface area contributed by atoms with Crippen molar-refractivity contribution in [2.24, 2.45) is 0 Å². The molecule has 3 nitrogen and oxygen atoms in total. The summed E-state index contributed by atoms with van der Waals surface area (Å²) in [4.78, 5) is 12.0. The Morgan fingerprint density at radius 1 is 1.10 bits per heavy atom. The maximum atomic E-state index is 12.0. The number of methoxy groups -OCH3 is 1. The van der Waals surface area contributed by atoms with Crippen LogP contribution in [0, 0.1) is 13.8 Å². The minimum absolute atomic E-state index is 0.0459. The normalized spacial score (nSPS) is 10.6. The Labute approximate surface area is 125 Å². The van der Waals surface area contributed by atoms with Crippen molar-refractivity contribution < 1.29 is 9.53 Å². The molecule has 108 valence electrons. The molecular formula is C18H19NO2. The zero-order chi connectivity index (χ0) is 15.2. The summed E-state index contributed by atoms with van der Waals surface area (Å²) in [6.45, 7) is 4.11. The summed E-state index contributed by atoms with van der Waals surface area (Å²) in [7, 11) is 1.60. The summed E-state index contributed by atoms with van der Waals surface area (Å²) in [6.07, 6.45) is 3.21. The number of carbonyl (C=O) groups excluding carboxylic acids is 1. The molecule has 0 saturated heterocycles. The summed E-state index contributed by atoms with van der Waals surface area (Å²) < 4.78 is 5.07. The lowest BCUT2D eigenvalue weighted by Gasteiger charge is -2.07. The number of allylic oxidation sites excluding steroid dienone is 1. The fraction of sp³-hybridized carbons (Fsp3) is 0.167. The lowest BCUT2D eigenvalue weighted by Crippen LogP contribution is -1.97. The van der Waals surface area contributed by atoms with Gasteiger partial charge in [0, 0.05) is 23.5 Å². The molecule has 0 atom stereocenters. The van der Waals surface area contributed by atoms with E-state index < -0.39 is 0 Å². The van der Waals surface area contributed by atoms with Gasteiger partial charge in [0.25, 0.3) is 0 Å². The highest BCUT2D eigenvalue weighted by atomic mass is 16.5. The fourth-order valence-corrected chi connectivity index (χ4v) is 1.97. The second kappa shape index (κ2) is 6.75. The molecule has 2 rings (SSSR count). The number of anilines is 1. The number of hydrogen-bond donors (Lipinski definition) is 1. The predicted molar refractivity (Wildman–Crippen MR) is 86.0 cm³/mol. The molecule has 0 aromatic heterocycles. The maximum absolute atomic E-state index is 12.0. The fourth-order valence-electron chi connectivity index (χ4n) is 1.97. The van der Waals surface area contributed by atoms with Crippen LogP contribution in [0.25, 0.3) is 0 Å². The molecule has 0 saturated carbocycles. The Hall–Kier alpha value is -2.55. The number of aryl methyl sites for hydroxylation is 1. The first-order valence-corrected chi connectivity index (χ1v) is 6.79. The van der Waals surface area contributed by atoms with E-state index in [4.69, 9.17) is 4.74 Å². The van der Waals surface area contributed by atoms with E-state index in [-0.39, 0.29) is 5.78 Å². The van der Waals surface area contributed by atoms with Gasteiger partial charge in [0.15, 0.2) is 5.78 Å². The summed E-state index contributed by atoms with van der Waals surface area (Å²) in [5.74, 6) is 0.694. The van der Waals surface area contributed by atoms with Crippen molar-refractivity contribution in [3.05, 3.63) is 71.4 Å². The summed E-state index contributed by atoms with van der Waals surface area (Å²) >= 11 is 0. The smallest absolute Gasteiger partial charge is 0.187 e. The van der Waals surface area contributed by atoms with E-state index in [1.165, 1.54) is 17.2 Å². The average molecular weight is 281 g/mol. The van der Waals surface area contributed by atoms with Gasteiger partial charge < -0.3 is 10.1 Å². The van der Waals surface area contributed by atoms with Crippen molar-refractivity contribution >= 4 is 11.5 Å². The summed E-state index contributed by atoms with van der Waals surface area (Å²) in [5.41, 5.74) is 4.04. The van der Waals surface area contributed by atoms with Gasteiger partial charge in [-0.2, -0.15) is 0 Å². The van der Waals surface area contributed by atoms with Crippen LogP contribution in [0.1, 0.15) is 21.5 Å². The average Bonchev–Trinajstić information content (AvgIpc) is 2.51. The molecule has 0 radical (unpaired) electrons. The second-order valence-electron chi connectivity index (χ2n) is 4.82. The number of hydrogen-bond acceptors (Lipinski definition) is 3. The van der Waals surface area contributed by atoms with Crippen LogP contribution < -0.4 is 10.1 Å². The third-order valence-corrected chi connectivity index (χ3v) is 3.45. The van der Waals surface area contributed by atoms with E-state index in [0.717, 1.165) is 11.4 Å². The number of carbonyl (C=O) groups is 1. The van der Waals surface area contributed by atoms with Crippen molar-refractivity contribution in [2.45, 2.75) is 13.8 Å². The van der Waals surface area contributed by atoms with Crippen LogP contribution in [-0.4, -0.2) is 12.9 Å². The van der Waals surface area contributed by atoms with Crippen molar-refractivity contribution in [3.63, 3.8) is 0 Å². The first-order chi connectivity index (χ1) is 10.1. The van der Waals surface area contributed by atoms with Crippen LogP contribution in [0.4, 0.5) is 5.69 Å². The molecule has 0 aliphatic carbocycles. The van der Waals surface area contributed by atoms with E-state index in [9.17, 15) is 4.79 Å². The molecule has 0 aliphatic rings. The van der Waals surface area contributed by atoms with E-state index in [1.54, 1.807) is 37.6 Å². The minimum Gasteiger partial charge on any atom is -0.497 e. The minimum atomic E-state index is -0.0459. The summed E-state index contributed by atoms with van der Waals surface area (Å²) in [6, 6.07) is 13.1. The Morgan fingerprint density at radius 2 is 1.81 bits per heavy atom. The van der Waals surface area contributed by atoms with Gasteiger partial charge in [-0.3, -0.25) is 4.79 Å². The highest BCUT2D eigenvalue weighted by Crippen LogP contribution is 2.18. The second-order valence-corrected chi connectivity index (χ2v) is 4.82. The molecule has 0 unspecified atom stereocenters. The van der Waals surface area contributed by atoms with Crippen molar-refractivity contribution in [1.82, 2.24) is 0 Å². The molecule has 2 aromatic carbocycles. The number of ether oxygens (including phenoxy) is 1. The van der Waals surface area contributed by atoms with Crippen LogP contribution in [-0.2, 0) is 0 Å². The van der Waals surface area contributed by atoms with Crippen molar-refractivity contribution in [3.8, 4) is 5.75 Å². The highest BCUT2D eigenvalue weighted by Gasteiger charge is 2.02. The van der Waals surface area contributed by atoms with Gasteiger partial charge in [0.1, 0.15) is 5.75 Å². The lowest BCUT2D eigenvalue weighted by molar-refractivity contribution is 0.104. The predicted octanol–water partition coefficient (Wildman–Crippen LogP) is 4.12. The zero-order valence-electron chi connectivity index (χ0n) is 12.5. The molecule has 21 heavy (non-hydrogen) atoms. The van der Waals surface area contributed by atoms with Crippen LogP contribution in [0.3, 0.4) is 0 Å². The Bertz CT molecular complexity index is 657. The van der Waals surface area contributed by atoms with E-state index in [1.807, 2.05) is 12.1 Å². The van der Waals surface area contributed by atoms with E-state index in [2.05, 4.69) is 25.2 Å². The molecule has 0 amide bonds. The molecule has 0 fully saturated rings. The lowest BCUT2D eigenvalue weighted by atomic mass is 10.1. The van der Waals surface area contributed by atoms with Crippen molar-refractivity contribution in [2.75, 3.05) is 12.4 Å². The highest BCUT2D eigenvalue weighted by molar-refractivity contribution is 6.04. The van der Waals surface area contributed by atoms with Gasteiger partial charge >= 0.3 is 0 Å². The first-order valence-electron chi connectivity index (χ1n) is 6.79. The van der Waals surface area contributed by atoms with E-state index in [0.29, 0.717) is 5.56 Å². The molecule has 2 aromatic rings. The Morgan fingerprint density at radius 3 is 2.48 bits per heavy atom. The molecule has 0 bridgehead atoms. The van der Waals surface area contributed by atoms with Gasteiger partial charge in [-0.1, -0.05) is 12.1 Å². The number of benzene rings is 2. The quantitative estimate of drug-likeness (QED) is 0.662. The number of rotatable bonds is 5. The van der Waals surface area contributed by atoms with Crippen LogP contribution in [0.5, 0.6) is 5.75 Å². The number of nitrogens with one attached hydrogen (secondary N) is 1. The number of ketones is 1. The van der Waals surface area contributed by atoms with Crippen LogP contribution in [0.15, 0.2) is 54.7 Å². The van der Waals surface area contributed by atoms with Crippen molar-refractivity contribution in [1.29, 1.82) is 0 Å². The topological polar surface area (TPSA) is 38.3 Å². The molecule has 0 heterocycles. The molecule has 1 N–H and O–H groups in total. The monoisotopic (exact) mass is 281 g/mol. The first kappa shape index (κ1) is 14.9. The van der Waals surface area contributed by atoms with Crippen LogP contribution in [0.2, 0.25) is 0 Å². The van der Waals surface area contributed by atoms with Gasteiger partial charge in [0.2, 0.25) is 0 Å². The zero-order valence-corrected chi connectivity index (χ0v) is 12.5. The van der Waals surface area contributed by atoms with E-state index >= 15 is 0 Å². The van der Waals surface area contributed by atoms with Gasteiger partial charge in [-0.25, -0.2) is 0 Å². The third-order valence-electron chi connectivity index (χ3n) is 3.45. The Kier molecular flexibility index (Phi) is 4.77. The molecular weight excluding hydrogens is 262 g/mol. The van der Waals surface area contributed by atoms with Gasteiger partial charge in [0.05, 0.1) is 7.11 Å². The van der Waals surface area contributed by atoms with Gasteiger partial charge in [-0.15, -0.1) is 0 Å². The Balaban J connectivity index is 2.03. The molecule has 0 aliphatic heterocycles. The maximum Gasteiger partial charge on any atom is 0.187 e. The molecule has 0 spiro atoms. The van der Waals surface area contributed by atoms with Crippen LogP contribution >= 0.6 is 0 Å². The molecule has 3 heteroatoms. The largest absolute Gasteiger partial charge is 0.497 e.